The van der Waals surface area contributed by atoms with Crippen molar-refractivity contribution in [3.05, 3.63) is 29.8 Å². The molecule has 0 aromatic heterocycles. The number of ether oxygens (including phenoxy) is 1. The first-order chi connectivity index (χ1) is 8.61. The Morgan fingerprint density at radius 2 is 2.28 bits per heavy atom. The van der Waals surface area contributed by atoms with Gasteiger partial charge in [0.25, 0.3) is 0 Å². The summed E-state index contributed by atoms with van der Waals surface area (Å²) >= 11 is 6.32. The number of likely N-dealkylation sites (tertiary alicyclic amines) is 1. The van der Waals surface area contributed by atoms with Crippen LogP contribution in [0.3, 0.4) is 0 Å². The fourth-order valence-electron chi connectivity index (χ4n) is 2.72. The summed E-state index contributed by atoms with van der Waals surface area (Å²) in [6.45, 7) is 0.815. The second kappa shape index (κ2) is 4.14. The number of halogens is 1. The topological polar surface area (TPSA) is 41.6 Å². The molecule has 1 saturated heterocycles. The number of anilines is 1. The number of hydrogen-bond donors (Lipinski definition) is 1. The molecule has 1 aromatic carbocycles. The second-order valence-electron chi connectivity index (χ2n) is 4.92. The number of benzene rings is 1. The van der Waals surface area contributed by atoms with Crippen molar-refractivity contribution in [1.29, 1.82) is 0 Å². The molecule has 1 fully saturated rings. The van der Waals surface area contributed by atoms with Crippen molar-refractivity contribution in [1.82, 2.24) is 4.90 Å². The van der Waals surface area contributed by atoms with E-state index in [4.69, 9.17) is 16.3 Å². The van der Waals surface area contributed by atoms with Crippen LogP contribution in [0.1, 0.15) is 18.4 Å². The summed E-state index contributed by atoms with van der Waals surface area (Å²) in [5, 5.41) is 2.74. The summed E-state index contributed by atoms with van der Waals surface area (Å²) in [6, 6.07) is 7.77. The summed E-state index contributed by atoms with van der Waals surface area (Å²) in [7, 11) is 1.99. The standard InChI is InChI=1S/C13H15ClN2O2/c1-16-7-6-13(8-11(16)14)9-4-2-3-5-10(9)15-12(17)18-13/h2-5,11H,6-8H2,1H3,(H,15,17). The maximum Gasteiger partial charge on any atom is 0.412 e. The molecule has 2 heterocycles. The average Bonchev–Trinajstić information content (AvgIpc) is 2.34. The fraction of sp³-hybridized carbons (Fsp3) is 0.462. The highest BCUT2D eigenvalue weighted by Gasteiger charge is 2.46. The highest BCUT2D eigenvalue weighted by atomic mass is 35.5. The number of para-hydroxylation sites is 1. The predicted molar refractivity (Wildman–Crippen MR) is 69.7 cm³/mol. The Morgan fingerprint density at radius 3 is 3.06 bits per heavy atom. The van der Waals surface area contributed by atoms with E-state index in [0.29, 0.717) is 6.42 Å². The number of amides is 1. The molecule has 18 heavy (non-hydrogen) atoms. The first-order valence-corrected chi connectivity index (χ1v) is 6.48. The summed E-state index contributed by atoms with van der Waals surface area (Å²) in [4.78, 5) is 13.8. The minimum Gasteiger partial charge on any atom is -0.438 e. The van der Waals surface area contributed by atoms with Gasteiger partial charge in [-0.2, -0.15) is 0 Å². The number of carbonyl (C=O) groups excluding carboxylic acids is 1. The molecule has 0 radical (unpaired) electrons. The number of alkyl halides is 1. The number of hydrogen-bond acceptors (Lipinski definition) is 3. The number of nitrogens with one attached hydrogen (secondary N) is 1. The van der Waals surface area contributed by atoms with E-state index in [-0.39, 0.29) is 11.6 Å². The van der Waals surface area contributed by atoms with E-state index in [0.717, 1.165) is 24.2 Å². The Labute approximate surface area is 111 Å². The van der Waals surface area contributed by atoms with Crippen molar-refractivity contribution >= 4 is 23.4 Å². The molecule has 5 heteroatoms. The lowest BCUT2D eigenvalue weighted by molar-refractivity contribution is -0.0402. The van der Waals surface area contributed by atoms with Gasteiger partial charge in [-0.1, -0.05) is 18.2 Å². The molecule has 0 saturated carbocycles. The normalized spacial score (nSPS) is 31.7. The Morgan fingerprint density at radius 1 is 1.50 bits per heavy atom. The highest BCUT2D eigenvalue weighted by molar-refractivity contribution is 6.20. The van der Waals surface area contributed by atoms with Gasteiger partial charge >= 0.3 is 6.09 Å². The van der Waals surface area contributed by atoms with Crippen molar-refractivity contribution in [3.63, 3.8) is 0 Å². The summed E-state index contributed by atoms with van der Waals surface area (Å²) < 4.78 is 5.60. The molecule has 2 aliphatic rings. The third kappa shape index (κ3) is 1.76. The average molecular weight is 267 g/mol. The van der Waals surface area contributed by atoms with Crippen molar-refractivity contribution in [2.45, 2.75) is 23.9 Å². The molecule has 2 atom stereocenters. The first kappa shape index (κ1) is 11.8. The number of rotatable bonds is 0. The molecular formula is C13H15ClN2O2. The SMILES string of the molecule is CN1CCC2(CC1Cl)OC(=O)Nc1ccccc12. The molecule has 0 bridgehead atoms. The van der Waals surface area contributed by atoms with Gasteiger partial charge in [-0.25, -0.2) is 4.79 Å². The van der Waals surface area contributed by atoms with E-state index >= 15 is 0 Å². The van der Waals surface area contributed by atoms with Crippen LogP contribution in [0.25, 0.3) is 0 Å². The highest BCUT2D eigenvalue weighted by Crippen LogP contribution is 2.45. The lowest BCUT2D eigenvalue weighted by atomic mass is 9.82. The van der Waals surface area contributed by atoms with Crippen molar-refractivity contribution in [2.24, 2.45) is 0 Å². The summed E-state index contributed by atoms with van der Waals surface area (Å²) in [5.41, 5.74) is 1.18. The number of carbonyl (C=O) groups is 1. The molecule has 2 aliphatic heterocycles. The van der Waals surface area contributed by atoms with Gasteiger partial charge in [-0.3, -0.25) is 10.2 Å². The van der Waals surface area contributed by atoms with Gasteiger partial charge in [0.05, 0.1) is 11.2 Å². The Hall–Kier alpha value is -1.26. The van der Waals surface area contributed by atoms with Crippen LogP contribution in [0.2, 0.25) is 0 Å². The maximum absolute atomic E-state index is 11.7. The Bertz CT molecular complexity index is 494. The van der Waals surface area contributed by atoms with Crippen LogP contribution in [0.5, 0.6) is 0 Å². The van der Waals surface area contributed by atoms with Crippen LogP contribution in [-0.4, -0.2) is 30.1 Å². The van der Waals surface area contributed by atoms with E-state index in [1.165, 1.54) is 0 Å². The third-order valence-corrected chi connectivity index (χ3v) is 4.28. The first-order valence-electron chi connectivity index (χ1n) is 6.04. The number of nitrogens with zero attached hydrogens (tertiary/aromatic N) is 1. The third-order valence-electron chi connectivity index (χ3n) is 3.79. The van der Waals surface area contributed by atoms with E-state index in [9.17, 15) is 4.79 Å². The molecule has 1 N–H and O–H groups in total. The molecule has 3 rings (SSSR count). The number of fused-ring (bicyclic) bond motifs is 2. The van der Waals surface area contributed by atoms with E-state index in [1.807, 2.05) is 31.3 Å². The minimum absolute atomic E-state index is 0.113. The van der Waals surface area contributed by atoms with Crippen LogP contribution in [0.15, 0.2) is 24.3 Å². The van der Waals surface area contributed by atoms with Gasteiger partial charge in [0.2, 0.25) is 0 Å². The van der Waals surface area contributed by atoms with Crippen molar-refractivity contribution < 1.29 is 9.53 Å². The molecule has 4 nitrogen and oxygen atoms in total. The van der Waals surface area contributed by atoms with E-state index in [1.54, 1.807) is 0 Å². The van der Waals surface area contributed by atoms with Gasteiger partial charge in [0, 0.05) is 24.9 Å². The molecule has 1 spiro atoms. The van der Waals surface area contributed by atoms with Gasteiger partial charge in [-0.15, -0.1) is 11.6 Å². The zero-order valence-electron chi connectivity index (χ0n) is 10.1. The lowest BCUT2D eigenvalue weighted by Crippen LogP contribution is -2.50. The molecule has 2 unspecified atom stereocenters. The van der Waals surface area contributed by atoms with Gasteiger partial charge < -0.3 is 4.74 Å². The van der Waals surface area contributed by atoms with Crippen LogP contribution in [-0.2, 0) is 10.3 Å². The summed E-state index contributed by atoms with van der Waals surface area (Å²) in [6.07, 6.45) is 1.01. The smallest absolute Gasteiger partial charge is 0.412 e. The van der Waals surface area contributed by atoms with Gasteiger partial charge in [0.15, 0.2) is 0 Å². The van der Waals surface area contributed by atoms with E-state index in [2.05, 4.69) is 10.2 Å². The monoisotopic (exact) mass is 266 g/mol. The van der Waals surface area contributed by atoms with E-state index < -0.39 is 5.60 Å². The Kier molecular flexibility index (Phi) is 2.72. The molecule has 1 amide bonds. The molecular weight excluding hydrogens is 252 g/mol. The quantitative estimate of drug-likeness (QED) is 0.580. The second-order valence-corrected chi connectivity index (χ2v) is 5.43. The van der Waals surface area contributed by atoms with Crippen LogP contribution < -0.4 is 5.32 Å². The van der Waals surface area contributed by atoms with Crippen LogP contribution in [0.4, 0.5) is 10.5 Å². The zero-order chi connectivity index (χ0) is 12.8. The van der Waals surface area contributed by atoms with Crippen LogP contribution >= 0.6 is 11.6 Å². The van der Waals surface area contributed by atoms with Gasteiger partial charge in [-0.05, 0) is 13.1 Å². The van der Waals surface area contributed by atoms with Crippen molar-refractivity contribution in [3.8, 4) is 0 Å². The lowest BCUT2D eigenvalue weighted by Gasteiger charge is -2.45. The molecule has 96 valence electrons. The Balaban J connectivity index is 2.04. The maximum atomic E-state index is 11.7. The summed E-state index contributed by atoms with van der Waals surface area (Å²) in [5.74, 6) is 0. The largest absolute Gasteiger partial charge is 0.438 e. The number of piperidine rings is 1. The zero-order valence-corrected chi connectivity index (χ0v) is 10.9. The van der Waals surface area contributed by atoms with Crippen LogP contribution in [0, 0.1) is 0 Å². The fourth-order valence-corrected chi connectivity index (χ4v) is 3.07. The molecule has 1 aromatic rings. The molecule has 0 aliphatic carbocycles. The predicted octanol–water partition coefficient (Wildman–Crippen LogP) is 2.73. The van der Waals surface area contributed by atoms with Crippen molar-refractivity contribution in [2.75, 3.05) is 18.9 Å². The van der Waals surface area contributed by atoms with Gasteiger partial charge in [0.1, 0.15) is 5.60 Å². The minimum atomic E-state index is -0.572.